The smallest absolute Gasteiger partial charge is 0.334 e. The molecule has 0 aliphatic rings. The molecule has 6 nitrogen and oxygen atoms in total. The second-order valence-corrected chi connectivity index (χ2v) is 3.28. The summed E-state index contributed by atoms with van der Waals surface area (Å²) in [5.41, 5.74) is -1.03. The summed E-state index contributed by atoms with van der Waals surface area (Å²) in [5.74, 6) is -1.85. The Labute approximate surface area is 81.9 Å². The monoisotopic (exact) mass is 205 g/mol. The van der Waals surface area contributed by atoms with Gasteiger partial charge in [-0.15, -0.1) is 0 Å². The molecular weight excluding hydrogens is 190 g/mol. The van der Waals surface area contributed by atoms with Crippen molar-refractivity contribution >= 4 is 11.9 Å². The number of rotatable bonds is 5. The quantitative estimate of drug-likeness (QED) is 0.533. The van der Waals surface area contributed by atoms with Gasteiger partial charge in [0, 0.05) is 7.11 Å². The number of hydrogen-bond acceptors (Lipinski definition) is 4. The SMILES string of the molecule is COC(C)(C)C(=O)NCC(O)C(=O)O. The molecule has 0 aliphatic carbocycles. The fourth-order valence-electron chi connectivity index (χ4n) is 0.582. The lowest BCUT2D eigenvalue weighted by molar-refractivity contribution is -0.147. The van der Waals surface area contributed by atoms with Crippen LogP contribution in [0.25, 0.3) is 0 Å². The van der Waals surface area contributed by atoms with Crippen molar-refractivity contribution in [2.45, 2.75) is 25.6 Å². The van der Waals surface area contributed by atoms with Crippen molar-refractivity contribution in [2.24, 2.45) is 0 Å². The summed E-state index contributed by atoms with van der Waals surface area (Å²) in [6.07, 6.45) is -1.59. The van der Waals surface area contributed by atoms with Gasteiger partial charge in [0.05, 0.1) is 6.54 Å². The van der Waals surface area contributed by atoms with E-state index in [0.29, 0.717) is 0 Å². The topological polar surface area (TPSA) is 95.9 Å². The molecule has 0 aromatic heterocycles. The minimum Gasteiger partial charge on any atom is -0.479 e. The molecule has 0 fully saturated rings. The zero-order valence-corrected chi connectivity index (χ0v) is 8.40. The average molecular weight is 205 g/mol. The third-order valence-electron chi connectivity index (χ3n) is 1.80. The molecule has 0 heterocycles. The molecule has 1 atom stereocenters. The Morgan fingerprint density at radius 1 is 1.50 bits per heavy atom. The van der Waals surface area contributed by atoms with E-state index in [0.717, 1.165) is 0 Å². The van der Waals surface area contributed by atoms with E-state index in [1.807, 2.05) is 0 Å². The highest BCUT2D eigenvalue weighted by Gasteiger charge is 2.27. The number of aliphatic hydroxyl groups excluding tert-OH is 1. The molecule has 0 saturated carbocycles. The van der Waals surface area contributed by atoms with Crippen LogP contribution >= 0.6 is 0 Å². The fraction of sp³-hybridized carbons (Fsp3) is 0.750. The number of methoxy groups -OCH3 is 1. The number of carbonyl (C=O) groups is 2. The molecule has 0 spiro atoms. The average Bonchev–Trinajstić information content (AvgIpc) is 2.13. The van der Waals surface area contributed by atoms with Crippen molar-refractivity contribution in [3.63, 3.8) is 0 Å². The van der Waals surface area contributed by atoms with Crippen molar-refractivity contribution < 1.29 is 24.5 Å². The highest BCUT2D eigenvalue weighted by molar-refractivity contribution is 5.84. The van der Waals surface area contributed by atoms with Gasteiger partial charge in [-0.3, -0.25) is 4.79 Å². The molecule has 3 N–H and O–H groups in total. The summed E-state index contributed by atoms with van der Waals surface area (Å²) in [6, 6.07) is 0. The summed E-state index contributed by atoms with van der Waals surface area (Å²) >= 11 is 0. The van der Waals surface area contributed by atoms with E-state index in [4.69, 9.17) is 14.9 Å². The maximum atomic E-state index is 11.3. The van der Waals surface area contributed by atoms with Gasteiger partial charge in [0.2, 0.25) is 0 Å². The van der Waals surface area contributed by atoms with Crippen LogP contribution < -0.4 is 5.32 Å². The highest BCUT2D eigenvalue weighted by Crippen LogP contribution is 2.06. The number of hydrogen-bond donors (Lipinski definition) is 3. The van der Waals surface area contributed by atoms with E-state index < -0.39 is 23.6 Å². The number of carboxylic acid groups (broad SMARTS) is 1. The summed E-state index contributed by atoms with van der Waals surface area (Å²) in [4.78, 5) is 21.5. The van der Waals surface area contributed by atoms with Crippen LogP contribution in [0.1, 0.15) is 13.8 Å². The minimum absolute atomic E-state index is 0.332. The normalized spacial score (nSPS) is 13.4. The second kappa shape index (κ2) is 4.92. The van der Waals surface area contributed by atoms with Gasteiger partial charge in [0.15, 0.2) is 6.10 Å². The van der Waals surface area contributed by atoms with E-state index >= 15 is 0 Å². The maximum absolute atomic E-state index is 11.3. The van der Waals surface area contributed by atoms with Crippen LogP contribution in [0, 0.1) is 0 Å². The van der Waals surface area contributed by atoms with E-state index in [-0.39, 0.29) is 6.54 Å². The minimum atomic E-state index is -1.59. The first-order valence-electron chi connectivity index (χ1n) is 4.05. The summed E-state index contributed by atoms with van der Waals surface area (Å²) in [7, 11) is 1.37. The molecule has 0 aromatic rings. The van der Waals surface area contributed by atoms with Crippen molar-refractivity contribution in [2.75, 3.05) is 13.7 Å². The second-order valence-electron chi connectivity index (χ2n) is 3.28. The van der Waals surface area contributed by atoms with E-state index in [1.54, 1.807) is 0 Å². The van der Waals surface area contributed by atoms with Crippen molar-refractivity contribution in [1.82, 2.24) is 5.32 Å². The lowest BCUT2D eigenvalue weighted by Gasteiger charge is -2.21. The maximum Gasteiger partial charge on any atom is 0.334 e. The summed E-state index contributed by atoms with van der Waals surface area (Å²) < 4.78 is 4.85. The third kappa shape index (κ3) is 3.71. The Morgan fingerprint density at radius 2 is 2.00 bits per heavy atom. The third-order valence-corrected chi connectivity index (χ3v) is 1.80. The first-order valence-corrected chi connectivity index (χ1v) is 4.05. The largest absolute Gasteiger partial charge is 0.479 e. The first kappa shape index (κ1) is 12.9. The number of aliphatic hydroxyl groups is 1. The lowest BCUT2D eigenvalue weighted by Crippen LogP contribution is -2.47. The number of aliphatic carboxylic acids is 1. The number of ether oxygens (including phenoxy) is 1. The number of carboxylic acids is 1. The molecule has 1 amide bonds. The van der Waals surface area contributed by atoms with Gasteiger partial charge in [-0.25, -0.2) is 4.79 Å². The van der Waals surface area contributed by atoms with Crippen LogP contribution in [0.5, 0.6) is 0 Å². The van der Waals surface area contributed by atoms with Crippen LogP contribution in [0.2, 0.25) is 0 Å². The Kier molecular flexibility index (Phi) is 4.52. The summed E-state index contributed by atoms with van der Waals surface area (Å²) in [5, 5.41) is 19.4. The van der Waals surface area contributed by atoms with Gasteiger partial charge < -0.3 is 20.3 Å². The number of nitrogens with one attached hydrogen (secondary N) is 1. The fourth-order valence-corrected chi connectivity index (χ4v) is 0.582. The molecule has 14 heavy (non-hydrogen) atoms. The van der Waals surface area contributed by atoms with Crippen LogP contribution in [-0.4, -0.2) is 47.4 Å². The zero-order valence-electron chi connectivity index (χ0n) is 8.40. The number of amides is 1. The Morgan fingerprint density at radius 3 is 2.36 bits per heavy atom. The van der Waals surface area contributed by atoms with E-state index in [9.17, 15) is 9.59 Å². The van der Waals surface area contributed by atoms with Gasteiger partial charge >= 0.3 is 5.97 Å². The van der Waals surface area contributed by atoms with Gasteiger partial charge in [-0.2, -0.15) is 0 Å². The van der Waals surface area contributed by atoms with Crippen LogP contribution in [-0.2, 0) is 14.3 Å². The Bertz CT molecular complexity index is 226. The van der Waals surface area contributed by atoms with Gasteiger partial charge in [-0.1, -0.05) is 0 Å². The molecule has 0 radical (unpaired) electrons. The van der Waals surface area contributed by atoms with Crippen molar-refractivity contribution in [3.8, 4) is 0 Å². The molecule has 0 rings (SSSR count). The van der Waals surface area contributed by atoms with Gasteiger partial charge in [0.25, 0.3) is 5.91 Å². The molecule has 0 saturated heterocycles. The Hall–Kier alpha value is -1.14. The van der Waals surface area contributed by atoms with Crippen molar-refractivity contribution in [1.29, 1.82) is 0 Å². The highest BCUT2D eigenvalue weighted by atomic mass is 16.5. The first-order chi connectivity index (χ1) is 6.31. The van der Waals surface area contributed by atoms with Gasteiger partial charge in [0.1, 0.15) is 5.60 Å². The predicted octanol–water partition coefficient (Wildman–Crippen LogP) is -1.03. The van der Waals surface area contributed by atoms with Crippen molar-refractivity contribution in [3.05, 3.63) is 0 Å². The molecule has 6 heteroatoms. The number of carbonyl (C=O) groups excluding carboxylic acids is 1. The zero-order chi connectivity index (χ0) is 11.4. The molecule has 0 aromatic carbocycles. The van der Waals surface area contributed by atoms with Crippen LogP contribution in [0.4, 0.5) is 0 Å². The molecule has 0 bridgehead atoms. The Balaban J connectivity index is 4.03. The van der Waals surface area contributed by atoms with Crippen LogP contribution in [0.3, 0.4) is 0 Å². The van der Waals surface area contributed by atoms with E-state index in [1.165, 1.54) is 21.0 Å². The predicted molar refractivity (Wildman–Crippen MR) is 47.7 cm³/mol. The molecular formula is C8H15NO5. The van der Waals surface area contributed by atoms with Crippen LogP contribution in [0.15, 0.2) is 0 Å². The molecule has 0 aliphatic heterocycles. The van der Waals surface area contributed by atoms with E-state index in [2.05, 4.69) is 5.32 Å². The van der Waals surface area contributed by atoms with Gasteiger partial charge in [-0.05, 0) is 13.8 Å². The molecule has 82 valence electrons. The lowest BCUT2D eigenvalue weighted by atomic mass is 10.1. The summed E-state index contributed by atoms with van der Waals surface area (Å²) in [6.45, 7) is 2.74. The molecule has 1 unspecified atom stereocenters. The standard InChI is InChI=1S/C8H15NO5/c1-8(2,14-3)7(13)9-4-5(10)6(11)12/h5,10H,4H2,1-3H3,(H,9,13)(H,11,12).